The van der Waals surface area contributed by atoms with Crippen LogP contribution >= 0.6 is 0 Å². The van der Waals surface area contributed by atoms with Gasteiger partial charge < -0.3 is 18.9 Å². The number of rotatable bonds is 2. The van der Waals surface area contributed by atoms with Gasteiger partial charge in [0.1, 0.15) is 22.6 Å². The predicted molar refractivity (Wildman–Crippen MR) is 116 cm³/mol. The summed E-state index contributed by atoms with van der Waals surface area (Å²) < 4.78 is 21.3. The summed E-state index contributed by atoms with van der Waals surface area (Å²) in [4.78, 5) is 39.2. The van der Waals surface area contributed by atoms with Gasteiger partial charge in [-0.2, -0.15) is 5.01 Å². The van der Waals surface area contributed by atoms with Gasteiger partial charge in [-0.15, -0.1) is 5.01 Å². The maximum Gasteiger partial charge on any atom is 0.440 e. The van der Waals surface area contributed by atoms with Gasteiger partial charge in [0.2, 0.25) is 0 Å². The summed E-state index contributed by atoms with van der Waals surface area (Å²) in [6.07, 6.45) is -3.15. The molecular weight excluding hydrogens is 404 g/mol. The number of carbonyl (C=O) groups excluding carboxylic acids is 3. The standard InChI is InChI=1S/C22H34N2O7/c1-20(2,3)29-17(25)23(15-11-13-16(28-10)14-12-15)24(18(26)30-21(4,5)6)19(27)31-22(7,8)9/h11-14H,1-10H3. The van der Waals surface area contributed by atoms with Gasteiger partial charge >= 0.3 is 18.3 Å². The molecule has 0 bridgehead atoms. The SMILES string of the molecule is COc1ccc(N(C(=O)OC(C)(C)C)N(C(=O)OC(C)(C)C)C(=O)OC(C)(C)C)cc1. The summed E-state index contributed by atoms with van der Waals surface area (Å²) in [5.74, 6) is 0.522. The third kappa shape index (κ3) is 8.74. The first-order valence-corrected chi connectivity index (χ1v) is 9.87. The van der Waals surface area contributed by atoms with Crippen LogP contribution in [-0.4, -0.2) is 47.2 Å². The van der Waals surface area contributed by atoms with Crippen LogP contribution in [-0.2, 0) is 14.2 Å². The van der Waals surface area contributed by atoms with E-state index < -0.39 is 35.1 Å². The van der Waals surface area contributed by atoms with Crippen molar-refractivity contribution in [1.29, 1.82) is 0 Å². The predicted octanol–water partition coefficient (Wildman–Crippen LogP) is 5.52. The second kappa shape index (κ2) is 9.45. The molecule has 31 heavy (non-hydrogen) atoms. The molecule has 0 unspecified atom stereocenters. The van der Waals surface area contributed by atoms with Crippen molar-refractivity contribution < 1.29 is 33.3 Å². The van der Waals surface area contributed by atoms with Crippen molar-refractivity contribution in [2.75, 3.05) is 12.1 Å². The molecule has 0 aliphatic heterocycles. The van der Waals surface area contributed by atoms with Crippen molar-refractivity contribution >= 4 is 24.0 Å². The third-order valence-electron chi connectivity index (χ3n) is 3.22. The molecule has 0 fully saturated rings. The maximum absolute atomic E-state index is 13.1. The summed E-state index contributed by atoms with van der Waals surface area (Å²) in [5, 5.41) is 1.28. The monoisotopic (exact) mass is 438 g/mol. The number of ether oxygens (including phenoxy) is 4. The molecule has 9 nitrogen and oxygen atoms in total. The zero-order chi connectivity index (χ0) is 24.2. The van der Waals surface area contributed by atoms with Gasteiger partial charge in [-0.05, 0) is 86.6 Å². The van der Waals surface area contributed by atoms with E-state index in [1.165, 1.54) is 19.2 Å². The van der Waals surface area contributed by atoms with Crippen molar-refractivity contribution in [3.05, 3.63) is 24.3 Å². The molecule has 0 heterocycles. The van der Waals surface area contributed by atoms with Crippen LogP contribution in [0.2, 0.25) is 0 Å². The van der Waals surface area contributed by atoms with E-state index in [-0.39, 0.29) is 5.69 Å². The number of hydrogen-bond acceptors (Lipinski definition) is 7. The largest absolute Gasteiger partial charge is 0.497 e. The Morgan fingerprint density at radius 1 is 0.645 bits per heavy atom. The van der Waals surface area contributed by atoms with E-state index in [0.29, 0.717) is 10.8 Å². The fourth-order valence-electron chi connectivity index (χ4n) is 2.18. The average Bonchev–Trinajstić information content (AvgIpc) is 2.54. The highest BCUT2D eigenvalue weighted by atomic mass is 16.6. The molecule has 0 aliphatic carbocycles. The second-order valence-electron chi connectivity index (χ2n) is 9.76. The zero-order valence-corrected chi connectivity index (χ0v) is 20.1. The average molecular weight is 439 g/mol. The highest BCUT2D eigenvalue weighted by molar-refractivity contribution is 5.99. The zero-order valence-electron chi connectivity index (χ0n) is 20.1. The molecule has 1 aromatic carbocycles. The third-order valence-corrected chi connectivity index (χ3v) is 3.22. The smallest absolute Gasteiger partial charge is 0.440 e. The summed E-state index contributed by atoms with van der Waals surface area (Å²) >= 11 is 0. The number of anilines is 1. The number of carbonyl (C=O) groups is 3. The molecule has 0 N–H and O–H groups in total. The van der Waals surface area contributed by atoms with Gasteiger partial charge in [-0.25, -0.2) is 14.4 Å². The van der Waals surface area contributed by atoms with Gasteiger partial charge in [-0.3, -0.25) is 0 Å². The van der Waals surface area contributed by atoms with Crippen LogP contribution in [0.3, 0.4) is 0 Å². The minimum Gasteiger partial charge on any atom is -0.497 e. The lowest BCUT2D eigenvalue weighted by atomic mass is 10.2. The van der Waals surface area contributed by atoms with Gasteiger partial charge in [0.15, 0.2) is 0 Å². The van der Waals surface area contributed by atoms with Crippen LogP contribution in [0, 0.1) is 0 Å². The Kier molecular flexibility index (Phi) is 7.94. The number of methoxy groups -OCH3 is 1. The van der Waals surface area contributed by atoms with Crippen molar-refractivity contribution in [3.8, 4) is 5.75 Å². The molecule has 0 spiro atoms. The number of nitrogens with zero attached hydrogens (tertiary/aromatic N) is 2. The molecule has 1 rings (SSSR count). The number of amides is 3. The first-order chi connectivity index (χ1) is 13.9. The lowest BCUT2D eigenvalue weighted by Crippen LogP contribution is -2.56. The highest BCUT2D eigenvalue weighted by Crippen LogP contribution is 2.26. The summed E-state index contributed by atoms with van der Waals surface area (Å²) in [7, 11) is 1.49. The van der Waals surface area contributed by atoms with Gasteiger partial charge in [0.25, 0.3) is 0 Å². The van der Waals surface area contributed by atoms with Gasteiger partial charge in [-0.1, -0.05) is 0 Å². The van der Waals surface area contributed by atoms with E-state index in [9.17, 15) is 14.4 Å². The van der Waals surface area contributed by atoms with Gasteiger partial charge in [0, 0.05) is 0 Å². The number of imide groups is 1. The van der Waals surface area contributed by atoms with E-state index in [4.69, 9.17) is 18.9 Å². The lowest BCUT2D eigenvalue weighted by Gasteiger charge is -2.35. The van der Waals surface area contributed by atoms with E-state index in [1.54, 1.807) is 74.4 Å². The summed E-state index contributed by atoms with van der Waals surface area (Å²) in [6, 6.07) is 6.17. The Labute approximate surface area is 184 Å². The second-order valence-corrected chi connectivity index (χ2v) is 9.76. The van der Waals surface area contributed by atoms with Crippen molar-refractivity contribution in [1.82, 2.24) is 5.01 Å². The van der Waals surface area contributed by atoms with Crippen molar-refractivity contribution in [2.45, 2.75) is 79.1 Å². The first-order valence-electron chi connectivity index (χ1n) is 9.87. The number of hydrazine groups is 1. The lowest BCUT2D eigenvalue weighted by molar-refractivity contribution is -0.00667. The molecule has 9 heteroatoms. The molecule has 1 aromatic rings. The molecule has 0 radical (unpaired) electrons. The van der Waals surface area contributed by atoms with Gasteiger partial charge in [0.05, 0.1) is 12.8 Å². The number of benzene rings is 1. The van der Waals surface area contributed by atoms with Crippen LogP contribution in [0.1, 0.15) is 62.3 Å². The summed E-state index contributed by atoms with van der Waals surface area (Å²) in [5.41, 5.74) is -2.59. The normalized spacial score (nSPS) is 11.9. The van der Waals surface area contributed by atoms with E-state index in [0.717, 1.165) is 5.01 Å². The molecule has 0 aromatic heterocycles. The topological polar surface area (TPSA) is 94.6 Å². The molecular formula is C22H34N2O7. The van der Waals surface area contributed by atoms with Crippen LogP contribution in [0.5, 0.6) is 5.75 Å². The van der Waals surface area contributed by atoms with Crippen LogP contribution < -0.4 is 9.75 Å². The fraction of sp³-hybridized carbons (Fsp3) is 0.591. The van der Waals surface area contributed by atoms with Crippen molar-refractivity contribution in [3.63, 3.8) is 0 Å². The molecule has 0 saturated carbocycles. The summed E-state index contributed by atoms with van der Waals surface area (Å²) in [6.45, 7) is 14.9. The van der Waals surface area contributed by atoms with Crippen LogP contribution in [0.15, 0.2) is 24.3 Å². The minimum atomic E-state index is -1.09. The highest BCUT2D eigenvalue weighted by Gasteiger charge is 2.41. The first kappa shape index (κ1) is 26.1. The van der Waals surface area contributed by atoms with E-state index in [1.807, 2.05) is 0 Å². The Morgan fingerprint density at radius 3 is 1.32 bits per heavy atom. The van der Waals surface area contributed by atoms with Crippen LogP contribution in [0.4, 0.5) is 20.1 Å². The molecule has 3 amide bonds. The molecule has 0 atom stereocenters. The molecule has 174 valence electrons. The maximum atomic E-state index is 13.1. The van der Waals surface area contributed by atoms with E-state index in [2.05, 4.69) is 0 Å². The fourth-order valence-corrected chi connectivity index (χ4v) is 2.18. The quantitative estimate of drug-likeness (QED) is 0.443. The Balaban J connectivity index is 3.57. The van der Waals surface area contributed by atoms with E-state index >= 15 is 0 Å². The Hall–Kier alpha value is -2.97. The minimum absolute atomic E-state index is 0.173. The number of hydrogen-bond donors (Lipinski definition) is 0. The Bertz CT molecular complexity index is 756. The molecule has 0 saturated heterocycles. The van der Waals surface area contributed by atoms with Crippen LogP contribution in [0.25, 0.3) is 0 Å². The molecule has 0 aliphatic rings. The van der Waals surface area contributed by atoms with Crippen molar-refractivity contribution in [2.24, 2.45) is 0 Å². The Morgan fingerprint density at radius 2 is 1.00 bits per heavy atom.